The molecule has 1 nitrogen and oxygen atoms in total. The van der Waals surface area contributed by atoms with Crippen molar-refractivity contribution in [2.75, 3.05) is 5.75 Å². The number of rotatable bonds is 5. The van der Waals surface area contributed by atoms with Crippen LogP contribution in [-0.4, -0.2) is 11.8 Å². The molecule has 0 aliphatic rings. The maximum atomic E-state index is 6.19. The Labute approximate surface area is 124 Å². The molecule has 1 atom stereocenters. The van der Waals surface area contributed by atoms with Crippen LogP contribution in [0.5, 0.6) is 0 Å². The summed E-state index contributed by atoms with van der Waals surface area (Å²) in [6, 6.07) is 16.6. The summed E-state index contributed by atoms with van der Waals surface area (Å²) in [6.45, 7) is 2.11. The van der Waals surface area contributed by atoms with E-state index in [0.717, 1.165) is 17.2 Å². The van der Waals surface area contributed by atoms with Gasteiger partial charge in [0.1, 0.15) is 0 Å². The first-order valence-corrected chi connectivity index (χ1v) is 7.69. The predicted octanol–water partition coefficient (Wildman–Crippen LogP) is 4.31. The Bertz CT molecular complexity index is 525. The normalized spacial score (nSPS) is 12.4. The highest BCUT2D eigenvalue weighted by atomic mass is 35.5. The van der Waals surface area contributed by atoms with Crippen molar-refractivity contribution in [1.82, 2.24) is 0 Å². The minimum Gasteiger partial charge on any atom is -0.327 e. The summed E-state index contributed by atoms with van der Waals surface area (Å²) in [5.74, 6) is 0.912. The monoisotopic (exact) mass is 291 g/mol. The van der Waals surface area contributed by atoms with Gasteiger partial charge in [0.2, 0.25) is 0 Å². The molecule has 0 spiro atoms. The Morgan fingerprint density at radius 2 is 1.89 bits per heavy atom. The fraction of sp³-hybridized carbons (Fsp3) is 0.250. The fourth-order valence-corrected chi connectivity index (χ4v) is 2.91. The van der Waals surface area contributed by atoms with Crippen molar-refractivity contribution in [3.8, 4) is 0 Å². The van der Waals surface area contributed by atoms with Crippen LogP contribution in [-0.2, 0) is 6.42 Å². The Morgan fingerprint density at radius 3 is 2.58 bits per heavy atom. The lowest BCUT2D eigenvalue weighted by molar-refractivity contribution is 0.748. The number of benzene rings is 2. The van der Waals surface area contributed by atoms with Crippen LogP contribution in [0.4, 0.5) is 0 Å². The Hall–Kier alpha value is -0.960. The van der Waals surface area contributed by atoms with Crippen LogP contribution in [0, 0.1) is 6.92 Å². The highest BCUT2D eigenvalue weighted by Crippen LogP contribution is 2.21. The van der Waals surface area contributed by atoms with Crippen molar-refractivity contribution in [3.05, 3.63) is 64.7 Å². The van der Waals surface area contributed by atoms with E-state index in [-0.39, 0.29) is 6.04 Å². The van der Waals surface area contributed by atoms with Gasteiger partial charge in [0.25, 0.3) is 0 Å². The lowest BCUT2D eigenvalue weighted by atomic mass is 10.1. The first-order chi connectivity index (χ1) is 9.13. The van der Waals surface area contributed by atoms with E-state index in [1.807, 2.05) is 24.3 Å². The molecule has 2 N–H and O–H groups in total. The molecular formula is C16H18ClNS. The van der Waals surface area contributed by atoms with Crippen LogP contribution in [0.25, 0.3) is 0 Å². The largest absolute Gasteiger partial charge is 0.327 e. The molecule has 0 radical (unpaired) electrons. The molecular weight excluding hydrogens is 274 g/mol. The molecule has 100 valence electrons. The topological polar surface area (TPSA) is 26.0 Å². The summed E-state index contributed by atoms with van der Waals surface area (Å²) >= 11 is 7.64. The molecule has 0 bridgehead atoms. The standard InChI is InChI=1S/C16H18ClNS/c1-12-3-2-4-13(9-12)10-15(18)11-19-16-7-5-14(17)6-8-16/h2-9,15H,10-11,18H2,1H3. The molecule has 2 aromatic rings. The second-order valence-corrected chi connectivity index (χ2v) is 6.25. The zero-order valence-corrected chi connectivity index (χ0v) is 12.5. The third kappa shape index (κ3) is 4.90. The van der Waals surface area contributed by atoms with Gasteiger partial charge in [-0.05, 0) is 43.2 Å². The van der Waals surface area contributed by atoms with Crippen molar-refractivity contribution < 1.29 is 0 Å². The van der Waals surface area contributed by atoms with E-state index in [0.29, 0.717) is 0 Å². The highest BCUT2D eigenvalue weighted by molar-refractivity contribution is 7.99. The third-order valence-corrected chi connectivity index (χ3v) is 4.31. The summed E-state index contributed by atoms with van der Waals surface area (Å²) in [6.07, 6.45) is 0.919. The second kappa shape index (κ2) is 6.99. The van der Waals surface area contributed by atoms with E-state index in [1.54, 1.807) is 11.8 Å². The van der Waals surface area contributed by atoms with E-state index < -0.39 is 0 Å². The zero-order valence-electron chi connectivity index (χ0n) is 11.0. The van der Waals surface area contributed by atoms with Crippen molar-refractivity contribution in [2.45, 2.75) is 24.3 Å². The minimum atomic E-state index is 0.169. The summed E-state index contributed by atoms with van der Waals surface area (Å²) in [5.41, 5.74) is 8.78. The molecule has 0 amide bonds. The van der Waals surface area contributed by atoms with Crippen molar-refractivity contribution in [2.24, 2.45) is 5.73 Å². The van der Waals surface area contributed by atoms with E-state index in [2.05, 4.69) is 31.2 Å². The van der Waals surface area contributed by atoms with Gasteiger partial charge >= 0.3 is 0 Å². The highest BCUT2D eigenvalue weighted by Gasteiger charge is 2.05. The minimum absolute atomic E-state index is 0.169. The number of halogens is 1. The Kier molecular flexibility index (Phi) is 5.32. The van der Waals surface area contributed by atoms with Gasteiger partial charge in [-0.3, -0.25) is 0 Å². The average molecular weight is 292 g/mol. The summed E-state index contributed by atoms with van der Waals surface area (Å²) in [7, 11) is 0. The molecule has 0 heterocycles. The van der Waals surface area contributed by atoms with Gasteiger partial charge < -0.3 is 5.73 Å². The van der Waals surface area contributed by atoms with E-state index in [4.69, 9.17) is 17.3 Å². The van der Waals surface area contributed by atoms with Crippen molar-refractivity contribution in [3.63, 3.8) is 0 Å². The molecule has 2 rings (SSSR count). The first-order valence-electron chi connectivity index (χ1n) is 6.33. The van der Waals surface area contributed by atoms with E-state index >= 15 is 0 Å². The van der Waals surface area contributed by atoms with Crippen molar-refractivity contribution in [1.29, 1.82) is 0 Å². The fourth-order valence-electron chi connectivity index (χ4n) is 1.93. The molecule has 0 saturated carbocycles. The van der Waals surface area contributed by atoms with Crippen LogP contribution >= 0.6 is 23.4 Å². The summed E-state index contributed by atoms with van der Waals surface area (Å²) in [5, 5.41) is 0.772. The maximum Gasteiger partial charge on any atom is 0.0406 e. The number of hydrogen-bond donors (Lipinski definition) is 1. The van der Waals surface area contributed by atoms with Crippen LogP contribution in [0.15, 0.2) is 53.4 Å². The molecule has 0 fully saturated rings. The number of nitrogens with two attached hydrogens (primary N) is 1. The number of aryl methyl sites for hydroxylation is 1. The lowest BCUT2D eigenvalue weighted by Crippen LogP contribution is -2.25. The molecule has 3 heteroatoms. The Balaban J connectivity index is 1.84. The van der Waals surface area contributed by atoms with E-state index in [1.165, 1.54) is 16.0 Å². The van der Waals surface area contributed by atoms with Gasteiger partial charge in [-0.25, -0.2) is 0 Å². The number of thioether (sulfide) groups is 1. The molecule has 19 heavy (non-hydrogen) atoms. The lowest BCUT2D eigenvalue weighted by Gasteiger charge is -2.12. The molecule has 2 aromatic carbocycles. The van der Waals surface area contributed by atoms with Crippen LogP contribution in [0.3, 0.4) is 0 Å². The molecule has 1 unspecified atom stereocenters. The summed E-state index contributed by atoms with van der Waals surface area (Å²) < 4.78 is 0. The molecule has 0 aliphatic heterocycles. The van der Waals surface area contributed by atoms with Crippen molar-refractivity contribution >= 4 is 23.4 Å². The second-order valence-electron chi connectivity index (χ2n) is 4.72. The van der Waals surface area contributed by atoms with Gasteiger partial charge in [0.05, 0.1) is 0 Å². The smallest absolute Gasteiger partial charge is 0.0406 e. The van der Waals surface area contributed by atoms with Gasteiger partial charge in [-0.1, -0.05) is 41.4 Å². The average Bonchev–Trinajstić information content (AvgIpc) is 2.38. The van der Waals surface area contributed by atoms with Crippen LogP contribution < -0.4 is 5.73 Å². The third-order valence-electron chi connectivity index (χ3n) is 2.86. The molecule has 0 aromatic heterocycles. The Morgan fingerprint density at radius 1 is 1.16 bits per heavy atom. The molecule has 0 saturated heterocycles. The van der Waals surface area contributed by atoms with Crippen LogP contribution in [0.1, 0.15) is 11.1 Å². The SMILES string of the molecule is Cc1cccc(CC(N)CSc2ccc(Cl)cc2)c1. The van der Waals surface area contributed by atoms with Crippen LogP contribution in [0.2, 0.25) is 5.02 Å². The quantitative estimate of drug-likeness (QED) is 0.831. The van der Waals surface area contributed by atoms with Gasteiger partial charge in [-0.2, -0.15) is 0 Å². The predicted molar refractivity (Wildman–Crippen MR) is 85.0 cm³/mol. The maximum absolute atomic E-state index is 6.19. The first kappa shape index (κ1) is 14.4. The number of hydrogen-bond acceptors (Lipinski definition) is 2. The molecule has 0 aliphatic carbocycles. The van der Waals surface area contributed by atoms with Gasteiger partial charge in [-0.15, -0.1) is 11.8 Å². The van der Waals surface area contributed by atoms with Gasteiger partial charge in [0.15, 0.2) is 0 Å². The van der Waals surface area contributed by atoms with Gasteiger partial charge in [0, 0.05) is 21.7 Å². The van der Waals surface area contributed by atoms with E-state index in [9.17, 15) is 0 Å². The zero-order chi connectivity index (χ0) is 13.7. The summed E-state index contributed by atoms with van der Waals surface area (Å²) in [4.78, 5) is 1.21.